The fourth-order valence-electron chi connectivity index (χ4n) is 3.50. The van der Waals surface area contributed by atoms with E-state index < -0.39 is 0 Å². The predicted molar refractivity (Wildman–Crippen MR) is 106 cm³/mol. The maximum absolute atomic E-state index is 12.4. The van der Waals surface area contributed by atoms with Crippen LogP contribution in [0.3, 0.4) is 0 Å². The van der Waals surface area contributed by atoms with Gasteiger partial charge in [0.2, 0.25) is 0 Å². The minimum atomic E-state index is 0.00956. The lowest BCUT2D eigenvalue weighted by molar-refractivity contribution is 0.194. The average molecular weight is 352 g/mol. The van der Waals surface area contributed by atoms with Crippen LogP contribution in [0.4, 0.5) is 10.5 Å². The highest BCUT2D eigenvalue weighted by Gasteiger charge is 2.24. The average Bonchev–Trinajstić information content (AvgIpc) is 2.67. The van der Waals surface area contributed by atoms with Gasteiger partial charge in [-0.2, -0.15) is 0 Å². The van der Waals surface area contributed by atoms with Crippen LogP contribution in [0.2, 0.25) is 0 Å². The molecule has 1 N–H and O–H groups in total. The smallest absolute Gasteiger partial charge is 0.317 e. The number of aromatic nitrogens is 1. The van der Waals surface area contributed by atoms with Gasteiger partial charge in [-0.25, -0.2) is 4.79 Å². The van der Waals surface area contributed by atoms with Crippen molar-refractivity contribution in [1.82, 2.24) is 15.2 Å². The second kappa shape index (κ2) is 8.21. The van der Waals surface area contributed by atoms with Gasteiger partial charge in [0, 0.05) is 50.8 Å². The maximum atomic E-state index is 12.4. The molecule has 0 radical (unpaired) electrons. The first kappa shape index (κ1) is 18.2. The number of amides is 2. The van der Waals surface area contributed by atoms with Crippen LogP contribution >= 0.6 is 0 Å². The Hall–Kier alpha value is -2.56. The third-order valence-corrected chi connectivity index (χ3v) is 4.97. The van der Waals surface area contributed by atoms with E-state index >= 15 is 0 Å². The summed E-state index contributed by atoms with van der Waals surface area (Å²) in [5, 5.41) is 3.00. The molecule has 5 heteroatoms. The highest BCUT2D eigenvalue weighted by atomic mass is 16.2. The van der Waals surface area contributed by atoms with Gasteiger partial charge in [0.1, 0.15) is 0 Å². The molecule has 2 heterocycles. The topological polar surface area (TPSA) is 48.5 Å². The third kappa shape index (κ3) is 4.15. The molecular weight excluding hydrogens is 324 g/mol. The Bertz CT molecular complexity index is 737. The molecule has 1 aliphatic heterocycles. The van der Waals surface area contributed by atoms with Crippen LogP contribution in [0.5, 0.6) is 0 Å². The molecule has 2 aromatic rings. The summed E-state index contributed by atoms with van der Waals surface area (Å²) in [4.78, 5) is 20.8. The molecule has 2 amide bonds. The standard InChI is InChI=1S/C21H28N4O/c1-16(2)19-6-4-5-17(3)20(19)24-11-13-25(14-12-24)21(26)23-15-18-7-9-22-10-8-18/h4-10,16H,11-15H2,1-3H3,(H,23,26). The van der Waals surface area contributed by atoms with Gasteiger partial charge in [0.05, 0.1) is 0 Å². The monoisotopic (exact) mass is 352 g/mol. The van der Waals surface area contributed by atoms with E-state index in [4.69, 9.17) is 0 Å². The molecule has 0 bridgehead atoms. The Labute approximate surface area is 156 Å². The van der Waals surface area contributed by atoms with Gasteiger partial charge < -0.3 is 15.1 Å². The van der Waals surface area contributed by atoms with E-state index in [0.29, 0.717) is 12.5 Å². The van der Waals surface area contributed by atoms with Crippen molar-refractivity contribution in [1.29, 1.82) is 0 Å². The fraction of sp³-hybridized carbons (Fsp3) is 0.429. The Morgan fingerprint density at radius 2 is 1.81 bits per heavy atom. The van der Waals surface area contributed by atoms with Gasteiger partial charge in [-0.1, -0.05) is 32.0 Å². The molecular formula is C21H28N4O. The molecule has 138 valence electrons. The summed E-state index contributed by atoms with van der Waals surface area (Å²) in [6.45, 7) is 10.4. The van der Waals surface area contributed by atoms with E-state index in [1.54, 1.807) is 12.4 Å². The molecule has 3 rings (SSSR count). The van der Waals surface area contributed by atoms with Crippen molar-refractivity contribution in [2.24, 2.45) is 0 Å². The lowest BCUT2D eigenvalue weighted by Gasteiger charge is -2.38. The Balaban J connectivity index is 1.58. The molecule has 1 aromatic carbocycles. The molecule has 0 spiro atoms. The van der Waals surface area contributed by atoms with Gasteiger partial charge in [0.25, 0.3) is 0 Å². The number of benzene rings is 1. The number of para-hydroxylation sites is 1. The number of rotatable bonds is 4. The minimum Gasteiger partial charge on any atom is -0.368 e. The van der Waals surface area contributed by atoms with Crippen LogP contribution in [0.1, 0.15) is 36.5 Å². The second-order valence-corrected chi connectivity index (χ2v) is 7.16. The van der Waals surface area contributed by atoms with Crippen molar-refractivity contribution in [3.8, 4) is 0 Å². The number of carbonyl (C=O) groups excluding carboxylic acids is 1. The van der Waals surface area contributed by atoms with Crippen molar-refractivity contribution in [2.75, 3.05) is 31.1 Å². The maximum Gasteiger partial charge on any atom is 0.317 e. The zero-order valence-electron chi connectivity index (χ0n) is 15.9. The molecule has 5 nitrogen and oxygen atoms in total. The van der Waals surface area contributed by atoms with Gasteiger partial charge in [0.15, 0.2) is 0 Å². The summed E-state index contributed by atoms with van der Waals surface area (Å²) in [6, 6.07) is 10.4. The lowest BCUT2D eigenvalue weighted by Crippen LogP contribution is -2.52. The number of hydrogen-bond acceptors (Lipinski definition) is 3. The van der Waals surface area contributed by atoms with Crippen LogP contribution < -0.4 is 10.2 Å². The number of nitrogens with one attached hydrogen (secondary N) is 1. The third-order valence-electron chi connectivity index (χ3n) is 4.97. The van der Waals surface area contributed by atoms with E-state index in [2.05, 4.69) is 54.2 Å². The highest BCUT2D eigenvalue weighted by molar-refractivity contribution is 5.74. The van der Waals surface area contributed by atoms with E-state index in [-0.39, 0.29) is 6.03 Å². The van der Waals surface area contributed by atoms with Crippen molar-refractivity contribution in [2.45, 2.75) is 33.2 Å². The number of anilines is 1. The van der Waals surface area contributed by atoms with Crippen LogP contribution in [0.25, 0.3) is 0 Å². The van der Waals surface area contributed by atoms with E-state index in [9.17, 15) is 4.79 Å². The predicted octanol–water partition coefficient (Wildman–Crippen LogP) is 3.55. The molecule has 0 atom stereocenters. The van der Waals surface area contributed by atoms with Crippen molar-refractivity contribution >= 4 is 11.7 Å². The van der Waals surface area contributed by atoms with Gasteiger partial charge in [-0.05, 0) is 41.7 Å². The lowest BCUT2D eigenvalue weighted by atomic mass is 9.97. The fourth-order valence-corrected chi connectivity index (χ4v) is 3.50. The summed E-state index contributed by atoms with van der Waals surface area (Å²) in [6.07, 6.45) is 3.49. The Morgan fingerprint density at radius 1 is 1.12 bits per heavy atom. The summed E-state index contributed by atoms with van der Waals surface area (Å²) in [5.41, 5.74) is 5.11. The highest BCUT2D eigenvalue weighted by Crippen LogP contribution is 2.31. The summed E-state index contributed by atoms with van der Waals surface area (Å²) in [5.74, 6) is 0.492. The van der Waals surface area contributed by atoms with E-state index in [0.717, 1.165) is 31.7 Å². The Kier molecular flexibility index (Phi) is 5.76. The quantitative estimate of drug-likeness (QED) is 0.915. The van der Waals surface area contributed by atoms with Crippen molar-refractivity contribution in [3.63, 3.8) is 0 Å². The molecule has 1 fully saturated rings. The van der Waals surface area contributed by atoms with Crippen molar-refractivity contribution < 1.29 is 4.79 Å². The first-order valence-electron chi connectivity index (χ1n) is 9.32. The molecule has 0 aliphatic carbocycles. The first-order valence-corrected chi connectivity index (χ1v) is 9.32. The largest absolute Gasteiger partial charge is 0.368 e. The number of hydrogen-bond donors (Lipinski definition) is 1. The minimum absolute atomic E-state index is 0.00956. The molecule has 1 aliphatic rings. The normalized spacial score (nSPS) is 14.6. The molecule has 0 unspecified atom stereocenters. The summed E-state index contributed by atoms with van der Waals surface area (Å²) < 4.78 is 0. The molecule has 1 saturated heterocycles. The van der Waals surface area contributed by atoms with Gasteiger partial charge >= 0.3 is 6.03 Å². The van der Waals surface area contributed by atoms with E-state index in [1.807, 2.05) is 17.0 Å². The van der Waals surface area contributed by atoms with Crippen molar-refractivity contribution in [3.05, 3.63) is 59.4 Å². The number of aryl methyl sites for hydroxylation is 1. The number of piperazine rings is 1. The van der Waals surface area contributed by atoms with Gasteiger partial charge in [-0.15, -0.1) is 0 Å². The number of nitrogens with zero attached hydrogens (tertiary/aromatic N) is 3. The first-order chi connectivity index (χ1) is 12.6. The Morgan fingerprint density at radius 3 is 2.46 bits per heavy atom. The van der Waals surface area contributed by atoms with Crippen LogP contribution in [-0.2, 0) is 6.54 Å². The van der Waals surface area contributed by atoms with E-state index in [1.165, 1.54) is 16.8 Å². The summed E-state index contributed by atoms with van der Waals surface area (Å²) >= 11 is 0. The van der Waals surface area contributed by atoms with Crippen LogP contribution in [0.15, 0.2) is 42.7 Å². The molecule has 26 heavy (non-hydrogen) atoms. The van der Waals surface area contributed by atoms with Crippen LogP contribution in [-0.4, -0.2) is 42.1 Å². The number of pyridine rings is 1. The SMILES string of the molecule is Cc1cccc(C(C)C)c1N1CCN(C(=O)NCc2ccncc2)CC1. The zero-order chi connectivity index (χ0) is 18.5. The zero-order valence-corrected chi connectivity index (χ0v) is 15.9. The van der Waals surface area contributed by atoms with Crippen LogP contribution in [0, 0.1) is 6.92 Å². The van der Waals surface area contributed by atoms with Gasteiger partial charge in [-0.3, -0.25) is 4.98 Å². The number of carbonyl (C=O) groups is 1. The number of urea groups is 1. The summed E-state index contributed by atoms with van der Waals surface area (Å²) in [7, 11) is 0. The molecule has 1 aromatic heterocycles. The second-order valence-electron chi connectivity index (χ2n) is 7.16. The molecule has 0 saturated carbocycles.